The van der Waals surface area contributed by atoms with Crippen molar-refractivity contribution in [3.8, 4) is 0 Å². The molecule has 0 aromatic carbocycles. The van der Waals surface area contributed by atoms with E-state index in [4.69, 9.17) is 0 Å². The lowest BCUT2D eigenvalue weighted by Gasteiger charge is -2.03. The zero-order valence-electron chi connectivity index (χ0n) is 4.42. The van der Waals surface area contributed by atoms with Crippen LogP contribution >= 0.6 is 0 Å². The van der Waals surface area contributed by atoms with Crippen LogP contribution < -0.4 is 4.72 Å². The third-order valence-corrected chi connectivity index (χ3v) is 1.59. The topological polar surface area (TPSA) is 52.2 Å². The first-order valence-electron chi connectivity index (χ1n) is 2.62. The summed E-state index contributed by atoms with van der Waals surface area (Å²) in [5.74, 6) is 0.632. The van der Waals surface area contributed by atoms with Crippen LogP contribution in [0.1, 0.15) is 12.8 Å². The maximum atomic E-state index is 9.82. The van der Waals surface area contributed by atoms with Gasteiger partial charge in [-0.1, -0.05) is 0 Å². The van der Waals surface area contributed by atoms with Crippen molar-refractivity contribution in [2.24, 2.45) is 5.92 Å². The van der Waals surface area contributed by atoms with Gasteiger partial charge in [0.2, 0.25) is 0 Å². The molecule has 3 nitrogen and oxygen atoms in total. The number of hydrogen-bond donors (Lipinski definition) is 1. The van der Waals surface area contributed by atoms with Gasteiger partial charge < -0.3 is 4.55 Å². The van der Waals surface area contributed by atoms with Crippen molar-refractivity contribution in [2.75, 3.05) is 6.54 Å². The van der Waals surface area contributed by atoms with Gasteiger partial charge >= 0.3 is 0 Å². The molecule has 4 heteroatoms. The molecule has 0 radical (unpaired) electrons. The summed E-state index contributed by atoms with van der Waals surface area (Å²) in [6.45, 7) is 0.635. The summed E-state index contributed by atoms with van der Waals surface area (Å²) in [6.07, 6.45) is 2.37. The molecular weight excluding hydrogens is 126 g/mol. The molecule has 48 valence electrons. The van der Waals surface area contributed by atoms with Crippen LogP contribution in [0.2, 0.25) is 0 Å². The van der Waals surface area contributed by atoms with E-state index in [0.717, 1.165) is 0 Å². The van der Waals surface area contributed by atoms with E-state index in [1.807, 2.05) is 0 Å². The van der Waals surface area contributed by atoms with Gasteiger partial charge in [-0.3, -0.25) is 4.21 Å². The number of hydrogen-bond acceptors (Lipinski definition) is 2. The van der Waals surface area contributed by atoms with E-state index >= 15 is 0 Å². The van der Waals surface area contributed by atoms with Crippen LogP contribution in [0.5, 0.6) is 0 Å². The predicted molar refractivity (Wildman–Crippen MR) is 29.6 cm³/mol. The highest BCUT2D eigenvalue weighted by Gasteiger charge is 2.20. The quantitative estimate of drug-likeness (QED) is 0.542. The first kappa shape index (κ1) is 6.19. The maximum absolute atomic E-state index is 9.82. The van der Waals surface area contributed by atoms with Crippen LogP contribution in [0.3, 0.4) is 0 Å². The first-order chi connectivity index (χ1) is 3.79. The molecule has 0 bridgehead atoms. The third-order valence-electron chi connectivity index (χ3n) is 1.19. The van der Waals surface area contributed by atoms with E-state index in [0.29, 0.717) is 12.5 Å². The largest absolute Gasteiger partial charge is 0.760 e. The highest BCUT2D eigenvalue weighted by Crippen LogP contribution is 2.27. The first-order valence-corrected chi connectivity index (χ1v) is 3.69. The van der Waals surface area contributed by atoms with Gasteiger partial charge in [-0.25, -0.2) is 4.72 Å². The second-order valence-electron chi connectivity index (χ2n) is 2.03. The molecule has 0 saturated heterocycles. The minimum absolute atomic E-state index is 0.632. The van der Waals surface area contributed by atoms with Gasteiger partial charge in [-0.05, 0) is 18.8 Å². The van der Waals surface area contributed by atoms with Crippen molar-refractivity contribution in [1.29, 1.82) is 0 Å². The minimum Gasteiger partial charge on any atom is -0.760 e. The van der Waals surface area contributed by atoms with E-state index < -0.39 is 11.3 Å². The van der Waals surface area contributed by atoms with Gasteiger partial charge in [-0.2, -0.15) is 0 Å². The van der Waals surface area contributed by atoms with E-state index in [9.17, 15) is 8.76 Å². The summed E-state index contributed by atoms with van der Waals surface area (Å²) in [5.41, 5.74) is 0. The molecule has 0 aromatic rings. The average molecular weight is 134 g/mol. The fourth-order valence-corrected chi connectivity index (χ4v) is 0.880. The Bertz CT molecular complexity index is 102. The van der Waals surface area contributed by atoms with Crippen LogP contribution in [0.15, 0.2) is 0 Å². The molecule has 0 aliphatic heterocycles. The maximum Gasteiger partial charge on any atom is 0.0181 e. The van der Waals surface area contributed by atoms with Crippen molar-refractivity contribution in [3.05, 3.63) is 0 Å². The van der Waals surface area contributed by atoms with Crippen molar-refractivity contribution in [2.45, 2.75) is 12.8 Å². The molecule has 1 aliphatic rings. The average Bonchev–Trinajstić information content (AvgIpc) is 2.41. The molecule has 1 fully saturated rings. The second kappa shape index (κ2) is 2.57. The Balaban J connectivity index is 1.95. The summed E-state index contributed by atoms with van der Waals surface area (Å²) in [5, 5.41) is 0. The van der Waals surface area contributed by atoms with Crippen LogP contribution in [0.25, 0.3) is 0 Å². The summed E-state index contributed by atoms with van der Waals surface area (Å²) >= 11 is -2.05. The van der Waals surface area contributed by atoms with Gasteiger partial charge in [0.05, 0.1) is 0 Å². The summed E-state index contributed by atoms with van der Waals surface area (Å²) < 4.78 is 22.0. The van der Waals surface area contributed by atoms with Crippen molar-refractivity contribution < 1.29 is 8.76 Å². The van der Waals surface area contributed by atoms with E-state index in [2.05, 4.69) is 4.72 Å². The molecule has 1 aliphatic carbocycles. The zero-order valence-corrected chi connectivity index (χ0v) is 5.24. The van der Waals surface area contributed by atoms with Gasteiger partial charge in [0.1, 0.15) is 0 Å². The van der Waals surface area contributed by atoms with Crippen LogP contribution in [0.4, 0.5) is 0 Å². The zero-order chi connectivity index (χ0) is 5.98. The lowest BCUT2D eigenvalue weighted by atomic mass is 10.4. The van der Waals surface area contributed by atoms with E-state index in [1.165, 1.54) is 12.8 Å². The van der Waals surface area contributed by atoms with Crippen molar-refractivity contribution >= 4 is 11.3 Å². The SMILES string of the molecule is O=S([O-])NCC1CC1. The Morgan fingerprint density at radius 3 is 2.75 bits per heavy atom. The molecule has 0 heterocycles. The molecule has 1 N–H and O–H groups in total. The summed E-state index contributed by atoms with van der Waals surface area (Å²) in [6, 6.07) is 0. The van der Waals surface area contributed by atoms with Crippen LogP contribution in [-0.2, 0) is 11.3 Å². The summed E-state index contributed by atoms with van der Waals surface area (Å²) in [4.78, 5) is 0. The van der Waals surface area contributed by atoms with E-state index in [-0.39, 0.29) is 0 Å². The van der Waals surface area contributed by atoms with Crippen molar-refractivity contribution in [1.82, 2.24) is 4.72 Å². The third kappa shape index (κ3) is 2.40. The number of nitrogens with one attached hydrogen (secondary N) is 1. The monoisotopic (exact) mass is 134 g/mol. The van der Waals surface area contributed by atoms with Crippen LogP contribution in [0, 0.1) is 5.92 Å². The standard InChI is InChI=1S/C4H9NO2S/c6-8(7)5-3-4-1-2-4/h4-5H,1-3H2,(H,6,7)/p-1. The molecule has 8 heavy (non-hydrogen) atoms. The lowest BCUT2D eigenvalue weighted by molar-refractivity contribution is 0.520. The Hall–Kier alpha value is 0.0700. The molecule has 0 spiro atoms. The van der Waals surface area contributed by atoms with Crippen molar-refractivity contribution in [3.63, 3.8) is 0 Å². The fraction of sp³-hybridized carbons (Fsp3) is 1.00. The van der Waals surface area contributed by atoms with Gasteiger partial charge in [0.25, 0.3) is 0 Å². The second-order valence-corrected chi connectivity index (χ2v) is 2.78. The molecule has 1 atom stereocenters. The highest BCUT2D eigenvalue weighted by atomic mass is 32.2. The molecule has 1 saturated carbocycles. The Morgan fingerprint density at radius 1 is 1.75 bits per heavy atom. The van der Waals surface area contributed by atoms with E-state index in [1.54, 1.807) is 0 Å². The fourth-order valence-electron chi connectivity index (χ4n) is 0.508. The Morgan fingerprint density at radius 2 is 2.38 bits per heavy atom. The minimum atomic E-state index is -2.05. The molecule has 0 amide bonds. The summed E-state index contributed by atoms with van der Waals surface area (Å²) in [7, 11) is 0. The van der Waals surface area contributed by atoms with Gasteiger partial charge in [-0.15, -0.1) is 0 Å². The smallest absolute Gasteiger partial charge is 0.0181 e. The number of rotatable bonds is 3. The highest BCUT2D eigenvalue weighted by molar-refractivity contribution is 7.77. The van der Waals surface area contributed by atoms with Gasteiger partial charge in [0, 0.05) is 17.8 Å². The molecular formula is C4H8NO2S-. The molecule has 1 unspecified atom stereocenters. The van der Waals surface area contributed by atoms with Gasteiger partial charge in [0.15, 0.2) is 0 Å². The molecule has 1 rings (SSSR count). The Kier molecular flexibility index (Phi) is 1.99. The Labute approximate surface area is 50.9 Å². The molecule has 0 aromatic heterocycles. The van der Waals surface area contributed by atoms with Crippen LogP contribution in [-0.4, -0.2) is 15.3 Å². The predicted octanol–water partition coefficient (Wildman–Crippen LogP) is -0.220. The lowest BCUT2D eigenvalue weighted by Crippen LogP contribution is -2.18. The normalized spacial score (nSPS) is 23.1.